The van der Waals surface area contributed by atoms with Crippen molar-refractivity contribution >= 4 is 10.9 Å². The highest BCUT2D eigenvalue weighted by Crippen LogP contribution is 2.26. The summed E-state index contributed by atoms with van der Waals surface area (Å²) in [6.45, 7) is 2.21. The summed E-state index contributed by atoms with van der Waals surface area (Å²) in [5.74, 6) is 0. The second kappa shape index (κ2) is 5.23. The molecule has 0 aliphatic carbocycles. The third-order valence-electron chi connectivity index (χ3n) is 3.37. The molecule has 0 amide bonds. The summed E-state index contributed by atoms with van der Waals surface area (Å²) >= 11 is 0. The maximum atomic E-state index is 4.86. The van der Waals surface area contributed by atoms with Gasteiger partial charge in [0.2, 0.25) is 0 Å². The molecular formula is C18H17N. The van der Waals surface area contributed by atoms with Crippen molar-refractivity contribution in [3.8, 4) is 11.3 Å². The Hall–Kier alpha value is -2.15. The predicted octanol–water partition coefficient (Wildman–Crippen LogP) is 4.85. The van der Waals surface area contributed by atoms with E-state index in [1.165, 1.54) is 16.5 Å². The van der Waals surface area contributed by atoms with Crippen LogP contribution in [-0.4, -0.2) is 4.98 Å². The number of nitrogens with zero attached hydrogens (tertiary/aromatic N) is 1. The lowest BCUT2D eigenvalue weighted by Gasteiger charge is -2.10. The van der Waals surface area contributed by atoms with Gasteiger partial charge in [-0.05, 0) is 24.1 Å². The van der Waals surface area contributed by atoms with Crippen molar-refractivity contribution in [1.29, 1.82) is 0 Å². The molecular weight excluding hydrogens is 230 g/mol. The van der Waals surface area contributed by atoms with E-state index in [4.69, 9.17) is 4.98 Å². The number of hydrogen-bond donors (Lipinski definition) is 0. The molecule has 0 aliphatic rings. The monoisotopic (exact) mass is 247 g/mol. The maximum Gasteiger partial charge on any atom is 0.0741 e. The van der Waals surface area contributed by atoms with Crippen LogP contribution in [0.15, 0.2) is 60.7 Å². The first-order valence-electron chi connectivity index (χ1n) is 6.82. The highest BCUT2D eigenvalue weighted by Gasteiger charge is 2.08. The average Bonchev–Trinajstić information content (AvgIpc) is 2.48. The normalized spacial score (nSPS) is 10.8. The Morgan fingerprint density at radius 3 is 2.42 bits per heavy atom. The Labute approximate surface area is 113 Å². The topological polar surface area (TPSA) is 12.9 Å². The van der Waals surface area contributed by atoms with Gasteiger partial charge in [0.15, 0.2) is 0 Å². The van der Waals surface area contributed by atoms with Crippen molar-refractivity contribution in [2.75, 3.05) is 0 Å². The number of hydrogen-bond acceptors (Lipinski definition) is 1. The molecule has 0 aliphatic heterocycles. The van der Waals surface area contributed by atoms with Gasteiger partial charge >= 0.3 is 0 Å². The number of rotatable bonds is 3. The van der Waals surface area contributed by atoms with Crippen LogP contribution < -0.4 is 0 Å². The molecule has 0 radical (unpaired) electrons. The minimum absolute atomic E-state index is 1.07. The fraction of sp³-hybridized carbons (Fsp3) is 0.167. The van der Waals surface area contributed by atoms with Gasteiger partial charge in [-0.25, -0.2) is 4.98 Å². The van der Waals surface area contributed by atoms with Gasteiger partial charge in [-0.2, -0.15) is 0 Å². The van der Waals surface area contributed by atoms with Gasteiger partial charge in [-0.3, -0.25) is 0 Å². The second-order valence-corrected chi connectivity index (χ2v) is 4.80. The summed E-state index contributed by atoms with van der Waals surface area (Å²) in [6.07, 6.45) is 2.21. The molecule has 0 fully saturated rings. The fourth-order valence-electron chi connectivity index (χ4n) is 2.47. The summed E-state index contributed by atoms with van der Waals surface area (Å²) in [4.78, 5) is 4.86. The molecule has 0 bridgehead atoms. The molecule has 1 heterocycles. The average molecular weight is 247 g/mol. The standard InChI is InChI=1S/C18H17N/c1-2-8-16-13-15-11-6-7-12-17(15)19-18(16)14-9-4-3-5-10-14/h3-7,9-13H,2,8H2,1H3. The van der Waals surface area contributed by atoms with Crippen LogP contribution in [-0.2, 0) is 6.42 Å². The first-order chi connectivity index (χ1) is 9.38. The fourth-order valence-corrected chi connectivity index (χ4v) is 2.47. The lowest BCUT2D eigenvalue weighted by Crippen LogP contribution is -1.94. The third kappa shape index (κ3) is 2.37. The SMILES string of the molecule is CCCc1cc2ccccc2nc1-c1ccccc1. The molecule has 3 rings (SSSR count). The third-order valence-corrected chi connectivity index (χ3v) is 3.37. The number of aryl methyl sites for hydroxylation is 1. The van der Waals surface area contributed by atoms with Crippen molar-refractivity contribution in [3.63, 3.8) is 0 Å². The van der Waals surface area contributed by atoms with E-state index in [-0.39, 0.29) is 0 Å². The van der Waals surface area contributed by atoms with E-state index in [0.717, 1.165) is 24.1 Å². The van der Waals surface area contributed by atoms with Crippen LogP contribution in [0.1, 0.15) is 18.9 Å². The Morgan fingerprint density at radius 2 is 1.63 bits per heavy atom. The quantitative estimate of drug-likeness (QED) is 0.644. The molecule has 3 aromatic rings. The Kier molecular flexibility index (Phi) is 3.28. The van der Waals surface area contributed by atoms with Gasteiger partial charge in [0, 0.05) is 10.9 Å². The molecule has 1 heteroatoms. The van der Waals surface area contributed by atoms with Crippen molar-refractivity contribution in [2.24, 2.45) is 0 Å². The van der Waals surface area contributed by atoms with Gasteiger partial charge in [0.1, 0.15) is 0 Å². The Balaban J connectivity index is 2.23. The van der Waals surface area contributed by atoms with Crippen LogP contribution in [0.3, 0.4) is 0 Å². The van der Waals surface area contributed by atoms with Crippen LogP contribution in [0.4, 0.5) is 0 Å². The van der Waals surface area contributed by atoms with E-state index in [1.807, 2.05) is 12.1 Å². The summed E-state index contributed by atoms with van der Waals surface area (Å²) < 4.78 is 0. The van der Waals surface area contributed by atoms with Crippen LogP contribution in [0, 0.1) is 0 Å². The molecule has 0 saturated carbocycles. The summed E-state index contributed by atoms with van der Waals surface area (Å²) in [6, 6.07) is 21.1. The van der Waals surface area contributed by atoms with E-state index in [0.29, 0.717) is 0 Å². The molecule has 0 saturated heterocycles. The van der Waals surface area contributed by atoms with Gasteiger partial charge in [-0.15, -0.1) is 0 Å². The van der Waals surface area contributed by atoms with Crippen molar-refractivity contribution in [2.45, 2.75) is 19.8 Å². The number of pyridine rings is 1. The zero-order valence-corrected chi connectivity index (χ0v) is 11.1. The first kappa shape index (κ1) is 11.9. The number of fused-ring (bicyclic) bond motifs is 1. The Morgan fingerprint density at radius 1 is 0.895 bits per heavy atom. The minimum atomic E-state index is 1.07. The second-order valence-electron chi connectivity index (χ2n) is 4.80. The molecule has 19 heavy (non-hydrogen) atoms. The lowest BCUT2D eigenvalue weighted by atomic mass is 10.0. The summed E-state index contributed by atoms with van der Waals surface area (Å²) in [5, 5.41) is 1.23. The summed E-state index contributed by atoms with van der Waals surface area (Å²) in [5.41, 5.74) is 4.74. The van der Waals surface area contributed by atoms with Crippen LogP contribution in [0.2, 0.25) is 0 Å². The predicted molar refractivity (Wildman–Crippen MR) is 81.2 cm³/mol. The van der Waals surface area contributed by atoms with E-state index in [1.54, 1.807) is 0 Å². The highest BCUT2D eigenvalue weighted by atomic mass is 14.7. The van der Waals surface area contributed by atoms with Gasteiger partial charge in [0.25, 0.3) is 0 Å². The van der Waals surface area contributed by atoms with Gasteiger partial charge in [0.05, 0.1) is 11.2 Å². The minimum Gasteiger partial charge on any atom is -0.248 e. The van der Waals surface area contributed by atoms with Gasteiger partial charge < -0.3 is 0 Å². The number of para-hydroxylation sites is 1. The number of benzene rings is 2. The maximum absolute atomic E-state index is 4.86. The lowest BCUT2D eigenvalue weighted by molar-refractivity contribution is 0.920. The zero-order chi connectivity index (χ0) is 13.1. The first-order valence-corrected chi connectivity index (χ1v) is 6.82. The highest BCUT2D eigenvalue weighted by molar-refractivity contribution is 5.83. The molecule has 1 aromatic heterocycles. The molecule has 2 aromatic carbocycles. The van der Waals surface area contributed by atoms with Crippen LogP contribution in [0.5, 0.6) is 0 Å². The van der Waals surface area contributed by atoms with Crippen molar-refractivity contribution < 1.29 is 0 Å². The van der Waals surface area contributed by atoms with E-state index < -0.39 is 0 Å². The van der Waals surface area contributed by atoms with Crippen molar-refractivity contribution in [1.82, 2.24) is 4.98 Å². The molecule has 0 atom stereocenters. The molecule has 0 N–H and O–H groups in total. The van der Waals surface area contributed by atoms with Crippen LogP contribution in [0.25, 0.3) is 22.2 Å². The number of aromatic nitrogens is 1. The molecule has 94 valence electrons. The van der Waals surface area contributed by atoms with Gasteiger partial charge in [-0.1, -0.05) is 61.9 Å². The largest absolute Gasteiger partial charge is 0.248 e. The van der Waals surface area contributed by atoms with Crippen molar-refractivity contribution in [3.05, 3.63) is 66.2 Å². The molecule has 1 nitrogen and oxygen atoms in total. The summed E-state index contributed by atoms with van der Waals surface area (Å²) in [7, 11) is 0. The zero-order valence-electron chi connectivity index (χ0n) is 11.1. The smallest absolute Gasteiger partial charge is 0.0741 e. The molecule has 0 spiro atoms. The van der Waals surface area contributed by atoms with E-state index >= 15 is 0 Å². The van der Waals surface area contributed by atoms with E-state index in [9.17, 15) is 0 Å². The Bertz CT molecular complexity index is 686. The molecule has 0 unspecified atom stereocenters. The van der Waals surface area contributed by atoms with Crippen LogP contribution >= 0.6 is 0 Å². The van der Waals surface area contributed by atoms with E-state index in [2.05, 4.69) is 55.5 Å².